The van der Waals surface area contributed by atoms with Crippen LogP contribution in [0.2, 0.25) is 0 Å². The standard InChI is InChI=1S/C18H18N4O2/c1-4-9-21-12(2)10-15(13(21)3)17(23)11-22-18(24)14-7-5-6-8-16(14)19-20-22/h4-8,10H,1,9,11H2,2-3H3. The van der Waals surface area contributed by atoms with Crippen molar-refractivity contribution in [2.24, 2.45) is 0 Å². The molecule has 0 aliphatic rings. The van der Waals surface area contributed by atoms with Gasteiger partial charge in [-0.2, -0.15) is 0 Å². The van der Waals surface area contributed by atoms with Gasteiger partial charge in [-0.05, 0) is 32.0 Å². The normalized spacial score (nSPS) is 10.9. The van der Waals surface area contributed by atoms with Crippen molar-refractivity contribution in [3.05, 3.63) is 70.3 Å². The van der Waals surface area contributed by atoms with Crippen molar-refractivity contribution >= 4 is 16.7 Å². The average molecular weight is 322 g/mol. The predicted molar refractivity (Wildman–Crippen MR) is 92.2 cm³/mol. The van der Waals surface area contributed by atoms with Crippen molar-refractivity contribution in [2.45, 2.75) is 26.9 Å². The van der Waals surface area contributed by atoms with Gasteiger partial charge in [0.05, 0.1) is 5.39 Å². The number of ketones is 1. The topological polar surface area (TPSA) is 69.8 Å². The number of fused-ring (bicyclic) bond motifs is 1. The molecule has 6 nitrogen and oxygen atoms in total. The fourth-order valence-electron chi connectivity index (χ4n) is 2.84. The minimum absolute atomic E-state index is 0.130. The number of hydrogen-bond donors (Lipinski definition) is 0. The highest BCUT2D eigenvalue weighted by atomic mass is 16.1. The summed E-state index contributed by atoms with van der Waals surface area (Å²) in [6.45, 7) is 8.07. The maximum Gasteiger partial charge on any atom is 0.278 e. The molecule has 3 rings (SSSR count). The summed E-state index contributed by atoms with van der Waals surface area (Å²) < 4.78 is 3.12. The molecule has 0 fully saturated rings. The predicted octanol–water partition coefficient (Wildman–Crippen LogP) is 2.28. The van der Waals surface area contributed by atoms with Gasteiger partial charge >= 0.3 is 0 Å². The van der Waals surface area contributed by atoms with Crippen LogP contribution in [0.15, 0.2) is 47.8 Å². The fraction of sp³-hybridized carbons (Fsp3) is 0.222. The molecule has 0 saturated carbocycles. The zero-order valence-corrected chi connectivity index (χ0v) is 13.7. The molecule has 0 bridgehead atoms. The maximum atomic E-state index is 12.6. The number of carbonyl (C=O) groups is 1. The van der Waals surface area contributed by atoms with Crippen molar-refractivity contribution in [3.8, 4) is 0 Å². The Bertz CT molecular complexity index is 998. The second-order valence-electron chi connectivity index (χ2n) is 5.68. The van der Waals surface area contributed by atoms with Gasteiger partial charge in [-0.1, -0.05) is 23.4 Å². The number of rotatable bonds is 5. The SMILES string of the molecule is C=CCn1c(C)cc(C(=O)Cn2nnc3ccccc3c2=O)c1C. The Morgan fingerprint density at radius 1 is 1.29 bits per heavy atom. The first-order chi connectivity index (χ1) is 11.5. The zero-order valence-electron chi connectivity index (χ0n) is 13.7. The van der Waals surface area contributed by atoms with Crippen molar-refractivity contribution in [1.29, 1.82) is 0 Å². The summed E-state index contributed by atoms with van der Waals surface area (Å²) in [5.74, 6) is -0.162. The fourth-order valence-corrected chi connectivity index (χ4v) is 2.84. The molecule has 0 radical (unpaired) electrons. The first-order valence-corrected chi connectivity index (χ1v) is 7.66. The van der Waals surface area contributed by atoms with Gasteiger partial charge in [-0.25, -0.2) is 4.68 Å². The average Bonchev–Trinajstić information content (AvgIpc) is 2.86. The van der Waals surface area contributed by atoms with Crippen molar-refractivity contribution in [3.63, 3.8) is 0 Å². The highest BCUT2D eigenvalue weighted by Crippen LogP contribution is 2.16. The number of Topliss-reactive ketones (excluding diaryl/α,β-unsaturated/α-hetero) is 1. The maximum absolute atomic E-state index is 12.6. The van der Waals surface area contributed by atoms with Gasteiger partial charge in [0.1, 0.15) is 12.1 Å². The molecule has 2 heterocycles. The van der Waals surface area contributed by atoms with Crippen LogP contribution in [0, 0.1) is 13.8 Å². The van der Waals surface area contributed by atoms with Crippen LogP contribution < -0.4 is 5.56 Å². The number of allylic oxidation sites excluding steroid dienone is 1. The molecule has 0 N–H and O–H groups in total. The first-order valence-electron chi connectivity index (χ1n) is 7.66. The summed E-state index contributed by atoms with van der Waals surface area (Å²) in [5, 5.41) is 8.34. The van der Waals surface area contributed by atoms with Gasteiger partial charge in [0.25, 0.3) is 5.56 Å². The van der Waals surface area contributed by atoms with E-state index in [0.717, 1.165) is 16.1 Å². The molecule has 0 unspecified atom stereocenters. The van der Waals surface area contributed by atoms with Gasteiger partial charge in [-0.15, -0.1) is 11.7 Å². The molecule has 0 atom stereocenters. The van der Waals surface area contributed by atoms with E-state index in [1.807, 2.05) is 24.5 Å². The number of hydrogen-bond acceptors (Lipinski definition) is 4. The minimum atomic E-state index is -0.311. The second-order valence-corrected chi connectivity index (χ2v) is 5.68. The van der Waals surface area contributed by atoms with Crippen molar-refractivity contribution < 1.29 is 4.79 Å². The third-order valence-corrected chi connectivity index (χ3v) is 4.11. The van der Waals surface area contributed by atoms with E-state index < -0.39 is 0 Å². The molecular weight excluding hydrogens is 304 g/mol. The van der Waals surface area contributed by atoms with Crippen LogP contribution in [0.25, 0.3) is 10.9 Å². The Kier molecular flexibility index (Phi) is 4.12. The molecule has 3 aromatic rings. The highest BCUT2D eigenvalue weighted by molar-refractivity contribution is 5.97. The van der Waals surface area contributed by atoms with Crippen LogP contribution in [0.1, 0.15) is 21.7 Å². The summed E-state index contributed by atoms with van der Waals surface area (Å²) in [5.41, 5.74) is 2.65. The summed E-state index contributed by atoms with van der Waals surface area (Å²) in [4.78, 5) is 25.1. The van der Waals surface area contributed by atoms with E-state index >= 15 is 0 Å². The monoisotopic (exact) mass is 322 g/mol. The van der Waals surface area contributed by atoms with Gasteiger partial charge in [0, 0.05) is 23.5 Å². The number of carbonyl (C=O) groups excluding carboxylic acids is 1. The first kappa shape index (κ1) is 15.9. The largest absolute Gasteiger partial charge is 0.345 e. The van der Waals surface area contributed by atoms with Crippen LogP contribution in [-0.4, -0.2) is 25.3 Å². The van der Waals surface area contributed by atoms with E-state index in [4.69, 9.17) is 0 Å². The lowest BCUT2D eigenvalue weighted by Gasteiger charge is -2.07. The molecule has 1 aromatic carbocycles. The molecule has 6 heteroatoms. The lowest BCUT2D eigenvalue weighted by Crippen LogP contribution is -2.28. The molecule has 2 aromatic heterocycles. The van der Waals surface area contributed by atoms with Crippen molar-refractivity contribution in [1.82, 2.24) is 19.6 Å². The van der Waals surface area contributed by atoms with Crippen LogP contribution in [0.4, 0.5) is 0 Å². The molecular formula is C18H18N4O2. The summed E-state index contributed by atoms with van der Waals surface area (Å²) in [6.07, 6.45) is 1.79. The number of nitrogens with zero attached hydrogens (tertiary/aromatic N) is 4. The highest BCUT2D eigenvalue weighted by Gasteiger charge is 2.17. The minimum Gasteiger partial charge on any atom is -0.345 e. The van der Waals surface area contributed by atoms with Crippen LogP contribution in [-0.2, 0) is 13.1 Å². The lowest BCUT2D eigenvalue weighted by atomic mass is 10.1. The number of benzene rings is 1. The number of aryl methyl sites for hydroxylation is 1. The zero-order chi connectivity index (χ0) is 17.3. The van der Waals surface area contributed by atoms with Gasteiger partial charge in [0.15, 0.2) is 5.78 Å². The summed E-state index contributed by atoms with van der Waals surface area (Å²) in [6, 6.07) is 8.80. The van der Waals surface area contributed by atoms with E-state index in [-0.39, 0.29) is 17.9 Å². The van der Waals surface area contributed by atoms with E-state index in [1.165, 1.54) is 0 Å². The summed E-state index contributed by atoms with van der Waals surface area (Å²) >= 11 is 0. The smallest absolute Gasteiger partial charge is 0.278 e. The second kappa shape index (κ2) is 6.23. The van der Waals surface area contributed by atoms with Gasteiger partial charge in [0.2, 0.25) is 0 Å². The molecule has 0 aliphatic heterocycles. The van der Waals surface area contributed by atoms with Crippen LogP contribution >= 0.6 is 0 Å². The Morgan fingerprint density at radius 3 is 2.79 bits per heavy atom. The van der Waals surface area contributed by atoms with Crippen molar-refractivity contribution in [2.75, 3.05) is 0 Å². The van der Waals surface area contributed by atoms with E-state index in [2.05, 4.69) is 16.9 Å². The van der Waals surface area contributed by atoms with Crippen LogP contribution in [0.3, 0.4) is 0 Å². The van der Waals surface area contributed by atoms with Gasteiger partial charge in [-0.3, -0.25) is 9.59 Å². The third-order valence-electron chi connectivity index (χ3n) is 4.11. The molecule has 0 amide bonds. The Hall–Kier alpha value is -3.02. The van der Waals surface area contributed by atoms with E-state index in [9.17, 15) is 9.59 Å². The molecule has 0 saturated heterocycles. The van der Waals surface area contributed by atoms with E-state index in [1.54, 1.807) is 30.3 Å². The van der Waals surface area contributed by atoms with Crippen LogP contribution in [0.5, 0.6) is 0 Å². The molecule has 0 spiro atoms. The summed E-state index contributed by atoms with van der Waals surface area (Å²) in [7, 11) is 0. The number of aromatic nitrogens is 4. The Balaban J connectivity index is 1.96. The molecule has 24 heavy (non-hydrogen) atoms. The van der Waals surface area contributed by atoms with E-state index in [0.29, 0.717) is 23.0 Å². The molecule has 122 valence electrons. The third kappa shape index (κ3) is 2.67. The quantitative estimate of drug-likeness (QED) is 0.534. The Morgan fingerprint density at radius 2 is 2.04 bits per heavy atom. The molecule has 0 aliphatic carbocycles. The van der Waals surface area contributed by atoms with Gasteiger partial charge < -0.3 is 4.57 Å². The Labute approximate surface area is 139 Å². The lowest BCUT2D eigenvalue weighted by molar-refractivity contribution is 0.0964.